The first kappa shape index (κ1) is 39.0. The number of nitrogens with zero attached hydrogens (tertiary/aromatic N) is 4. The second kappa shape index (κ2) is 15.6. The molecule has 55 heavy (non-hydrogen) atoms. The summed E-state index contributed by atoms with van der Waals surface area (Å²) in [6.07, 6.45) is -0.595. The van der Waals surface area contributed by atoms with E-state index in [0.29, 0.717) is 41.2 Å². The Morgan fingerprint density at radius 1 is 0.964 bits per heavy atom. The topological polar surface area (TPSA) is 145 Å². The van der Waals surface area contributed by atoms with Crippen LogP contribution in [0.5, 0.6) is 17.4 Å². The van der Waals surface area contributed by atoms with Crippen LogP contribution in [-0.2, 0) is 20.5 Å². The number of benzene rings is 3. The highest BCUT2D eigenvalue weighted by Gasteiger charge is 2.31. The van der Waals surface area contributed by atoms with Gasteiger partial charge in [0.15, 0.2) is 0 Å². The molecule has 1 aliphatic rings. The maximum absolute atomic E-state index is 15.3. The number of amides is 1. The van der Waals surface area contributed by atoms with E-state index in [1.807, 2.05) is 20.8 Å². The van der Waals surface area contributed by atoms with Gasteiger partial charge in [-0.15, -0.1) is 13.2 Å². The number of carbonyl (C=O) groups excluding carboxylic acids is 1. The number of aromatic nitrogens is 3. The number of pyridine rings is 1. The van der Waals surface area contributed by atoms with Crippen LogP contribution in [0.15, 0.2) is 79.1 Å². The molecule has 5 aromatic rings. The smallest absolute Gasteiger partial charge is 0.444 e. The highest BCUT2D eigenvalue weighted by molar-refractivity contribution is 7.91. The van der Waals surface area contributed by atoms with Crippen LogP contribution in [0.4, 0.5) is 34.0 Å². The number of fused-ring (bicyclic) bond motifs is 1. The van der Waals surface area contributed by atoms with E-state index in [1.54, 1.807) is 48.4 Å². The minimum atomic E-state index is -4.90. The summed E-state index contributed by atoms with van der Waals surface area (Å²) in [7, 11) is -4.26. The van der Waals surface area contributed by atoms with Gasteiger partial charge >= 0.3 is 12.5 Å². The number of hydrogen-bond acceptors (Lipinski definition) is 10. The Kier molecular flexibility index (Phi) is 11.0. The van der Waals surface area contributed by atoms with Crippen LogP contribution in [0.3, 0.4) is 0 Å². The predicted molar refractivity (Wildman–Crippen MR) is 198 cm³/mol. The average Bonchev–Trinajstić information content (AvgIpc) is 3.10. The number of halogens is 4. The molecule has 0 saturated carbocycles. The van der Waals surface area contributed by atoms with Gasteiger partial charge in [-0.3, -0.25) is 4.72 Å². The SMILES string of the molecule is Cc1ccc2c(NS(=O)(=O)Cc3ccc(OC(F)(F)F)cc3)c(F)ccc2c1Oc1ncccc1-c1ccnc(N[C@H]2CCCN(C(=O)OC(C)(C)C)C2)n1. The van der Waals surface area contributed by atoms with Gasteiger partial charge in [0.2, 0.25) is 21.9 Å². The Hall–Kier alpha value is -5.71. The summed E-state index contributed by atoms with van der Waals surface area (Å²) in [6.45, 7) is 8.23. The number of nitrogens with one attached hydrogen (secondary N) is 2. The van der Waals surface area contributed by atoms with Gasteiger partial charge in [0.1, 0.15) is 22.9 Å². The Balaban J connectivity index is 1.23. The van der Waals surface area contributed by atoms with Crippen molar-refractivity contribution in [3.8, 4) is 28.6 Å². The van der Waals surface area contributed by atoms with Crippen molar-refractivity contribution in [2.24, 2.45) is 0 Å². The number of ether oxygens (including phenoxy) is 3. The second-order valence-corrected chi connectivity index (χ2v) is 15.6. The molecule has 1 aliphatic heterocycles. The highest BCUT2D eigenvalue weighted by Crippen LogP contribution is 2.40. The molecular weight excluding hydrogens is 745 g/mol. The summed E-state index contributed by atoms with van der Waals surface area (Å²) in [5.74, 6) is -1.23. The molecule has 12 nitrogen and oxygen atoms in total. The van der Waals surface area contributed by atoms with Gasteiger partial charge in [0.25, 0.3) is 0 Å². The third-order valence-corrected chi connectivity index (χ3v) is 9.60. The Labute approximate surface area is 314 Å². The molecule has 1 fully saturated rings. The largest absolute Gasteiger partial charge is 0.573 e. The van der Waals surface area contributed by atoms with Crippen LogP contribution < -0.4 is 19.5 Å². The highest BCUT2D eigenvalue weighted by atomic mass is 32.2. The summed E-state index contributed by atoms with van der Waals surface area (Å²) >= 11 is 0. The van der Waals surface area contributed by atoms with Crippen LogP contribution in [0.2, 0.25) is 0 Å². The van der Waals surface area contributed by atoms with Gasteiger partial charge in [0.05, 0.1) is 22.7 Å². The number of hydrogen-bond donors (Lipinski definition) is 2. The van der Waals surface area contributed by atoms with E-state index in [1.165, 1.54) is 24.4 Å². The Bertz CT molecular complexity index is 2300. The third kappa shape index (κ3) is 10.1. The maximum atomic E-state index is 15.3. The molecule has 6 rings (SSSR count). The molecule has 0 radical (unpaired) electrons. The van der Waals surface area contributed by atoms with Crippen molar-refractivity contribution in [2.45, 2.75) is 64.3 Å². The molecular formula is C38H38F4N6O6S. The number of rotatable bonds is 10. The first-order chi connectivity index (χ1) is 25.9. The summed E-state index contributed by atoms with van der Waals surface area (Å²) in [5, 5.41) is 3.89. The lowest BCUT2D eigenvalue weighted by molar-refractivity contribution is -0.274. The number of alkyl halides is 3. The zero-order valence-corrected chi connectivity index (χ0v) is 31.1. The van der Waals surface area contributed by atoms with E-state index in [4.69, 9.17) is 14.5 Å². The van der Waals surface area contributed by atoms with Crippen molar-refractivity contribution in [1.82, 2.24) is 19.9 Å². The number of sulfonamides is 1. The molecule has 2 aromatic heterocycles. The predicted octanol–water partition coefficient (Wildman–Crippen LogP) is 8.58. The minimum Gasteiger partial charge on any atom is -0.444 e. The molecule has 3 heterocycles. The van der Waals surface area contributed by atoms with Crippen LogP contribution in [0, 0.1) is 12.7 Å². The first-order valence-corrected chi connectivity index (χ1v) is 18.9. The standard InChI is InChI=1S/C38H38F4N6O6S/c1-23-9-14-27-28(15-16-30(39)32(27)47-55(50,51)22-24-10-12-26(13-11-24)53-38(40,41)42)33(23)52-34-29(8-5-18-43-34)31-17-19-44-35(46-31)45-25-7-6-20-48(21-25)36(49)54-37(2,3)4/h5,8-19,25,47H,6-7,20-22H2,1-4H3,(H,44,45,46)/t25-/m0/s1. The summed E-state index contributed by atoms with van der Waals surface area (Å²) < 4.78 is 97.5. The fourth-order valence-electron chi connectivity index (χ4n) is 6.01. The zero-order valence-electron chi connectivity index (χ0n) is 30.3. The Morgan fingerprint density at radius 3 is 2.44 bits per heavy atom. The third-order valence-electron chi connectivity index (χ3n) is 8.38. The molecule has 0 aliphatic carbocycles. The number of aryl methyl sites for hydroxylation is 1. The van der Waals surface area contributed by atoms with Gasteiger partial charge < -0.3 is 24.4 Å². The summed E-state index contributed by atoms with van der Waals surface area (Å²) in [6, 6.07) is 15.1. The van der Waals surface area contributed by atoms with Crippen molar-refractivity contribution in [2.75, 3.05) is 23.1 Å². The van der Waals surface area contributed by atoms with Gasteiger partial charge in [-0.25, -0.2) is 32.6 Å². The van der Waals surface area contributed by atoms with Gasteiger partial charge in [0, 0.05) is 42.3 Å². The fourth-order valence-corrected chi connectivity index (χ4v) is 7.23. The van der Waals surface area contributed by atoms with E-state index in [2.05, 4.69) is 24.7 Å². The Morgan fingerprint density at radius 2 is 1.71 bits per heavy atom. The summed E-state index contributed by atoms with van der Waals surface area (Å²) in [4.78, 5) is 27.9. The fraction of sp³-hybridized carbons (Fsp3) is 0.316. The van der Waals surface area contributed by atoms with Crippen molar-refractivity contribution in [1.29, 1.82) is 0 Å². The second-order valence-electron chi connectivity index (χ2n) is 13.9. The molecule has 0 unspecified atom stereocenters. The zero-order chi connectivity index (χ0) is 39.5. The van der Waals surface area contributed by atoms with Crippen molar-refractivity contribution in [3.63, 3.8) is 0 Å². The van der Waals surface area contributed by atoms with E-state index in [0.717, 1.165) is 31.0 Å². The number of likely N-dealkylation sites (tertiary alicyclic amines) is 1. The van der Waals surface area contributed by atoms with Crippen molar-refractivity contribution in [3.05, 3.63) is 96.1 Å². The van der Waals surface area contributed by atoms with Crippen LogP contribution in [0.25, 0.3) is 22.0 Å². The van der Waals surface area contributed by atoms with E-state index in [9.17, 15) is 26.4 Å². The lowest BCUT2D eigenvalue weighted by atomic mass is 10.0. The molecule has 17 heteroatoms. The molecule has 1 atom stereocenters. The van der Waals surface area contributed by atoms with Gasteiger partial charge in [-0.05, 0) is 94.1 Å². The van der Waals surface area contributed by atoms with Crippen LogP contribution in [0.1, 0.15) is 44.7 Å². The first-order valence-electron chi connectivity index (χ1n) is 17.2. The van der Waals surface area contributed by atoms with Gasteiger partial charge in [-0.1, -0.05) is 24.3 Å². The normalized spacial score (nSPS) is 15.1. The number of carbonyl (C=O) groups is 1. The molecule has 1 amide bonds. The van der Waals surface area contributed by atoms with Crippen molar-refractivity contribution >= 4 is 38.5 Å². The quantitative estimate of drug-likeness (QED) is 0.132. The number of piperidine rings is 1. The molecule has 1 saturated heterocycles. The van der Waals surface area contributed by atoms with E-state index in [-0.39, 0.29) is 40.4 Å². The number of anilines is 2. The van der Waals surface area contributed by atoms with E-state index >= 15 is 4.39 Å². The molecule has 3 aromatic carbocycles. The molecule has 0 spiro atoms. The van der Waals surface area contributed by atoms with Crippen LogP contribution >= 0.6 is 0 Å². The average molecular weight is 783 g/mol. The van der Waals surface area contributed by atoms with Crippen LogP contribution in [-0.4, -0.2) is 65.5 Å². The molecule has 2 N–H and O–H groups in total. The molecule has 290 valence electrons. The minimum absolute atomic E-state index is 0.120. The van der Waals surface area contributed by atoms with E-state index < -0.39 is 39.3 Å². The maximum Gasteiger partial charge on any atom is 0.573 e. The summed E-state index contributed by atoms with van der Waals surface area (Å²) in [5.41, 5.74) is 0.838. The lowest BCUT2D eigenvalue weighted by Crippen LogP contribution is -2.47. The monoisotopic (exact) mass is 782 g/mol. The van der Waals surface area contributed by atoms with Gasteiger partial charge in [-0.2, -0.15) is 0 Å². The molecule has 0 bridgehead atoms. The lowest BCUT2D eigenvalue weighted by Gasteiger charge is -2.34. The van der Waals surface area contributed by atoms with Crippen molar-refractivity contribution < 1.29 is 45.0 Å².